The number of nitrogens with zero attached hydrogens (tertiary/aromatic N) is 1. The second-order valence-corrected chi connectivity index (χ2v) is 6.34. The average Bonchev–Trinajstić information content (AvgIpc) is 3.30. The third kappa shape index (κ3) is 3.22. The van der Waals surface area contributed by atoms with Gasteiger partial charge in [0, 0.05) is 18.2 Å². The Morgan fingerprint density at radius 1 is 1.32 bits per heavy atom. The lowest BCUT2D eigenvalue weighted by Crippen LogP contribution is -2.37. The van der Waals surface area contributed by atoms with Crippen molar-refractivity contribution < 1.29 is 14.3 Å². The van der Waals surface area contributed by atoms with Crippen LogP contribution in [-0.2, 0) is 4.79 Å². The fraction of sp³-hybridized carbons (Fsp3) is 0.471. The predicted molar refractivity (Wildman–Crippen MR) is 86.5 cm³/mol. The first-order valence-corrected chi connectivity index (χ1v) is 8.03. The molecular weight excluding hydrogens is 302 g/mol. The first-order chi connectivity index (χ1) is 10.6. The number of benzene rings is 1. The van der Waals surface area contributed by atoms with Gasteiger partial charge < -0.3 is 14.4 Å². The molecule has 0 saturated heterocycles. The molecule has 5 heteroatoms. The van der Waals surface area contributed by atoms with Crippen molar-refractivity contribution in [2.24, 2.45) is 0 Å². The van der Waals surface area contributed by atoms with Gasteiger partial charge in [-0.3, -0.25) is 4.79 Å². The molecule has 0 unspecified atom stereocenters. The van der Waals surface area contributed by atoms with Crippen LogP contribution in [0.2, 0.25) is 5.02 Å². The van der Waals surface area contributed by atoms with Crippen LogP contribution in [0.4, 0.5) is 0 Å². The zero-order valence-electron chi connectivity index (χ0n) is 12.8. The summed E-state index contributed by atoms with van der Waals surface area (Å²) in [5.74, 6) is 1.26. The Morgan fingerprint density at radius 3 is 2.73 bits per heavy atom. The number of ether oxygens (including phenoxy) is 2. The molecule has 22 heavy (non-hydrogen) atoms. The Hall–Kier alpha value is -1.68. The smallest absolute Gasteiger partial charge is 0.247 e. The van der Waals surface area contributed by atoms with Crippen LogP contribution in [-0.4, -0.2) is 36.1 Å². The third-order valence-electron chi connectivity index (χ3n) is 3.79. The fourth-order valence-electron chi connectivity index (χ4n) is 2.69. The molecule has 0 radical (unpaired) electrons. The van der Waals surface area contributed by atoms with Gasteiger partial charge in [-0.05, 0) is 50.5 Å². The third-order valence-corrected chi connectivity index (χ3v) is 4.07. The lowest BCUT2D eigenvalue weighted by atomic mass is 10.1. The largest absolute Gasteiger partial charge is 0.486 e. The van der Waals surface area contributed by atoms with E-state index in [-0.39, 0.29) is 11.9 Å². The highest BCUT2D eigenvalue weighted by Gasteiger charge is 2.33. The summed E-state index contributed by atoms with van der Waals surface area (Å²) in [6.07, 6.45) is 5.60. The van der Waals surface area contributed by atoms with Crippen LogP contribution in [0.5, 0.6) is 11.5 Å². The maximum absolute atomic E-state index is 12.4. The molecule has 2 aliphatic rings. The highest BCUT2D eigenvalue weighted by Crippen LogP contribution is 2.38. The Labute approximate surface area is 135 Å². The van der Waals surface area contributed by atoms with Gasteiger partial charge in [0.05, 0.1) is 5.02 Å². The van der Waals surface area contributed by atoms with Crippen molar-refractivity contribution >= 4 is 23.6 Å². The van der Waals surface area contributed by atoms with Gasteiger partial charge in [-0.25, -0.2) is 0 Å². The van der Waals surface area contributed by atoms with Gasteiger partial charge in [-0.15, -0.1) is 0 Å². The van der Waals surface area contributed by atoms with Crippen molar-refractivity contribution in [3.63, 3.8) is 0 Å². The van der Waals surface area contributed by atoms with E-state index < -0.39 is 0 Å². The Bertz CT molecular complexity index is 606. The molecule has 0 atom stereocenters. The Kier molecular flexibility index (Phi) is 4.30. The number of hydrogen-bond donors (Lipinski definition) is 0. The summed E-state index contributed by atoms with van der Waals surface area (Å²) < 4.78 is 11.0. The van der Waals surface area contributed by atoms with Crippen molar-refractivity contribution in [1.29, 1.82) is 0 Å². The minimum Gasteiger partial charge on any atom is -0.486 e. The van der Waals surface area contributed by atoms with E-state index in [4.69, 9.17) is 21.1 Å². The van der Waals surface area contributed by atoms with E-state index in [9.17, 15) is 4.79 Å². The second kappa shape index (κ2) is 6.21. The molecule has 1 saturated carbocycles. The van der Waals surface area contributed by atoms with Crippen molar-refractivity contribution in [2.45, 2.75) is 38.8 Å². The summed E-state index contributed by atoms with van der Waals surface area (Å²) in [5, 5.41) is 0.507. The van der Waals surface area contributed by atoms with Crippen LogP contribution in [0.25, 0.3) is 6.08 Å². The highest BCUT2D eigenvalue weighted by atomic mass is 35.5. The molecule has 0 bridgehead atoms. The van der Waals surface area contributed by atoms with Crippen molar-refractivity contribution in [1.82, 2.24) is 4.90 Å². The molecule has 0 aromatic heterocycles. The van der Waals surface area contributed by atoms with Gasteiger partial charge in [0.2, 0.25) is 5.91 Å². The van der Waals surface area contributed by atoms with Gasteiger partial charge in [0.1, 0.15) is 13.2 Å². The monoisotopic (exact) mass is 321 g/mol. The summed E-state index contributed by atoms with van der Waals surface area (Å²) in [4.78, 5) is 14.3. The van der Waals surface area contributed by atoms with Crippen LogP contribution < -0.4 is 9.47 Å². The summed E-state index contributed by atoms with van der Waals surface area (Å²) in [6.45, 7) is 5.11. The van der Waals surface area contributed by atoms with E-state index in [1.807, 2.05) is 24.8 Å². The zero-order valence-corrected chi connectivity index (χ0v) is 13.6. The molecule has 0 spiro atoms. The molecule has 1 aromatic carbocycles. The molecule has 4 nitrogen and oxygen atoms in total. The molecule has 1 heterocycles. The molecule has 1 amide bonds. The van der Waals surface area contributed by atoms with Gasteiger partial charge in [0.15, 0.2) is 11.5 Å². The molecule has 1 aliphatic heterocycles. The van der Waals surface area contributed by atoms with E-state index in [1.165, 1.54) is 0 Å². The maximum atomic E-state index is 12.4. The van der Waals surface area contributed by atoms with E-state index in [0.29, 0.717) is 35.8 Å². The fourth-order valence-corrected chi connectivity index (χ4v) is 2.96. The highest BCUT2D eigenvalue weighted by molar-refractivity contribution is 6.32. The number of carbonyl (C=O) groups is 1. The molecule has 1 fully saturated rings. The van der Waals surface area contributed by atoms with Crippen LogP contribution in [0.1, 0.15) is 32.3 Å². The molecular formula is C17H20ClNO3. The van der Waals surface area contributed by atoms with Gasteiger partial charge in [-0.1, -0.05) is 11.6 Å². The lowest BCUT2D eigenvalue weighted by Gasteiger charge is -2.25. The number of halogens is 1. The molecule has 118 valence electrons. The standard InChI is InChI=1S/C17H20ClNO3/c1-11(2)19(13-4-5-13)16(20)6-3-12-9-14(18)17-15(10-12)21-7-8-22-17/h3,6,9-11,13H,4-5,7-8H2,1-2H3/b6-3+. The van der Waals surface area contributed by atoms with E-state index in [2.05, 4.69) is 0 Å². The normalized spacial score (nSPS) is 17.1. The average molecular weight is 322 g/mol. The first kappa shape index (κ1) is 15.2. The Balaban J connectivity index is 1.77. The molecule has 1 aliphatic carbocycles. The molecule has 0 N–H and O–H groups in total. The summed E-state index contributed by atoms with van der Waals surface area (Å²) >= 11 is 6.20. The number of fused-ring (bicyclic) bond motifs is 1. The summed E-state index contributed by atoms with van der Waals surface area (Å²) in [5.41, 5.74) is 0.835. The van der Waals surface area contributed by atoms with Crippen LogP contribution >= 0.6 is 11.6 Å². The second-order valence-electron chi connectivity index (χ2n) is 5.93. The van der Waals surface area contributed by atoms with E-state index in [1.54, 1.807) is 18.2 Å². The van der Waals surface area contributed by atoms with Crippen molar-refractivity contribution in [2.75, 3.05) is 13.2 Å². The van der Waals surface area contributed by atoms with Gasteiger partial charge in [0.25, 0.3) is 0 Å². The summed E-state index contributed by atoms with van der Waals surface area (Å²) in [6, 6.07) is 4.26. The van der Waals surface area contributed by atoms with Crippen molar-refractivity contribution in [3.8, 4) is 11.5 Å². The summed E-state index contributed by atoms with van der Waals surface area (Å²) in [7, 11) is 0. The minimum atomic E-state index is 0.0449. The minimum absolute atomic E-state index is 0.0449. The van der Waals surface area contributed by atoms with Crippen molar-refractivity contribution in [3.05, 3.63) is 28.8 Å². The number of hydrogen-bond acceptors (Lipinski definition) is 3. The molecule has 3 rings (SSSR count). The lowest BCUT2D eigenvalue weighted by molar-refractivity contribution is -0.128. The van der Waals surface area contributed by atoms with Crippen LogP contribution in [0.3, 0.4) is 0 Å². The predicted octanol–water partition coefficient (Wildman–Crippen LogP) is 3.52. The van der Waals surface area contributed by atoms with E-state index in [0.717, 1.165) is 18.4 Å². The topological polar surface area (TPSA) is 38.8 Å². The van der Waals surface area contributed by atoms with Crippen LogP contribution in [0.15, 0.2) is 18.2 Å². The number of carbonyl (C=O) groups excluding carboxylic acids is 1. The maximum Gasteiger partial charge on any atom is 0.247 e. The SMILES string of the molecule is CC(C)N(C(=O)/C=C/c1cc(Cl)c2c(c1)OCCO2)C1CC1. The first-order valence-electron chi connectivity index (χ1n) is 7.66. The quantitative estimate of drug-likeness (QED) is 0.796. The number of amides is 1. The molecule has 1 aromatic rings. The van der Waals surface area contributed by atoms with Gasteiger partial charge in [-0.2, -0.15) is 0 Å². The zero-order chi connectivity index (χ0) is 15.7. The Morgan fingerprint density at radius 2 is 2.05 bits per heavy atom. The van der Waals surface area contributed by atoms with Crippen LogP contribution in [0, 0.1) is 0 Å². The van der Waals surface area contributed by atoms with E-state index >= 15 is 0 Å². The van der Waals surface area contributed by atoms with Gasteiger partial charge >= 0.3 is 0 Å². The number of rotatable bonds is 4.